The molecule has 30 heavy (non-hydrogen) atoms. The van der Waals surface area contributed by atoms with Crippen molar-refractivity contribution in [1.82, 2.24) is 0 Å². The molecule has 0 bridgehead atoms. The number of aliphatic hydroxyl groups excluding tert-OH is 1. The Bertz CT molecular complexity index is 932. The minimum atomic E-state index is -0.791. The number of hydrogen-bond donors (Lipinski definition) is 1. The molecule has 0 fully saturated rings. The van der Waals surface area contributed by atoms with Gasteiger partial charge in [0.1, 0.15) is 17.1 Å². The molecule has 3 rings (SSSR count). The lowest BCUT2D eigenvalue weighted by Crippen LogP contribution is -2.13. The van der Waals surface area contributed by atoms with Gasteiger partial charge in [-0.25, -0.2) is 4.79 Å². The Hall–Kier alpha value is -2.73. The summed E-state index contributed by atoms with van der Waals surface area (Å²) in [6.07, 6.45) is 0.101. The Balaban J connectivity index is 2.07. The van der Waals surface area contributed by atoms with E-state index in [1.54, 1.807) is 18.2 Å². The highest BCUT2D eigenvalue weighted by Crippen LogP contribution is 2.48. The van der Waals surface area contributed by atoms with Crippen LogP contribution in [0.25, 0.3) is 0 Å². The van der Waals surface area contributed by atoms with Crippen LogP contribution in [-0.4, -0.2) is 24.8 Å². The molecule has 0 saturated carbocycles. The fraction of sp³-hybridized carbons (Fsp3) is 0.458. The van der Waals surface area contributed by atoms with Gasteiger partial charge in [-0.3, -0.25) is 0 Å². The second-order valence-corrected chi connectivity index (χ2v) is 8.36. The maximum absolute atomic E-state index is 13.0. The van der Waals surface area contributed by atoms with E-state index in [-0.39, 0.29) is 17.2 Å². The summed E-state index contributed by atoms with van der Waals surface area (Å²) < 4.78 is 23.3. The predicted octanol–water partition coefficient (Wildman–Crippen LogP) is 5.44. The number of fused-ring (bicyclic) bond motifs is 2. The Morgan fingerprint density at radius 1 is 1.07 bits per heavy atom. The van der Waals surface area contributed by atoms with Gasteiger partial charge in [0.15, 0.2) is 11.5 Å². The monoisotopic (exact) mass is 414 g/mol. The van der Waals surface area contributed by atoms with Gasteiger partial charge in [0.2, 0.25) is 5.75 Å². The molecule has 1 unspecified atom stereocenters. The summed E-state index contributed by atoms with van der Waals surface area (Å²) in [7, 11) is 1.46. The van der Waals surface area contributed by atoms with Crippen LogP contribution in [0, 0.1) is 18.8 Å². The molecule has 1 atom stereocenters. The first-order chi connectivity index (χ1) is 14.2. The number of aliphatic hydroxyl groups is 1. The van der Waals surface area contributed by atoms with Gasteiger partial charge in [-0.15, -0.1) is 0 Å². The quantitative estimate of drug-likeness (QED) is 0.480. The summed E-state index contributed by atoms with van der Waals surface area (Å²) in [5, 5.41) is 10.6. The lowest BCUT2D eigenvalue weighted by atomic mass is 9.95. The smallest absolute Gasteiger partial charge is 0.351 e. The number of rotatable bonds is 7. The average molecular weight is 414 g/mol. The molecular formula is C24H30O6. The van der Waals surface area contributed by atoms with Crippen molar-refractivity contribution in [2.45, 2.75) is 47.1 Å². The van der Waals surface area contributed by atoms with Crippen molar-refractivity contribution in [3.63, 3.8) is 0 Å². The number of esters is 1. The largest absolute Gasteiger partial charge is 0.495 e. The van der Waals surface area contributed by atoms with Gasteiger partial charge < -0.3 is 24.1 Å². The molecule has 2 aromatic rings. The van der Waals surface area contributed by atoms with Gasteiger partial charge in [-0.1, -0.05) is 27.7 Å². The zero-order chi connectivity index (χ0) is 22.0. The van der Waals surface area contributed by atoms with E-state index in [9.17, 15) is 9.90 Å². The maximum atomic E-state index is 13.0. The van der Waals surface area contributed by atoms with E-state index < -0.39 is 12.1 Å². The average Bonchev–Trinajstić information content (AvgIpc) is 2.82. The Morgan fingerprint density at radius 2 is 1.80 bits per heavy atom. The standard InChI is InChI=1S/C24H30O6/c1-13(2)9-10-28-18-11-15(5)12-19-23(18)29-17-8-7-16(21(25)14(3)4)22(27-6)20(17)24(26)30-19/h7-8,11-14,21,25H,9-10H2,1-6H3. The third-order valence-electron chi connectivity index (χ3n) is 5.04. The van der Waals surface area contributed by atoms with E-state index in [1.807, 2.05) is 26.8 Å². The van der Waals surface area contributed by atoms with Gasteiger partial charge in [0, 0.05) is 5.56 Å². The van der Waals surface area contributed by atoms with E-state index in [2.05, 4.69) is 13.8 Å². The lowest BCUT2D eigenvalue weighted by Gasteiger charge is -2.20. The molecule has 1 N–H and O–H groups in total. The Labute approximate surface area is 177 Å². The SMILES string of the molecule is COc1c(C(O)C(C)C)ccc2c1C(=O)Oc1cc(C)cc(OCCC(C)C)c1O2. The highest BCUT2D eigenvalue weighted by molar-refractivity contribution is 5.99. The van der Waals surface area contributed by atoms with Crippen molar-refractivity contribution in [2.24, 2.45) is 11.8 Å². The Morgan fingerprint density at radius 3 is 2.43 bits per heavy atom. The van der Waals surface area contributed by atoms with E-state index >= 15 is 0 Å². The minimum Gasteiger partial charge on any atom is -0.495 e. The maximum Gasteiger partial charge on any atom is 0.351 e. The van der Waals surface area contributed by atoms with Crippen LogP contribution in [0.3, 0.4) is 0 Å². The normalized spacial score (nSPS) is 13.8. The van der Waals surface area contributed by atoms with Crippen LogP contribution in [0.2, 0.25) is 0 Å². The molecule has 0 aliphatic carbocycles. The van der Waals surface area contributed by atoms with Crippen molar-refractivity contribution in [3.8, 4) is 28.7 Å². The Kier molecular flexibility index (Phi) is 6.56. The molecule has 0 aromatic heterocycles. The van der Waals surface area contributed by atoms with E-state index in [4.69, 9.17) is 18.9 Å². The summed E-state index contributed by atoms with van der Waals surface area (Å²) in [4.78, 5) is 13.0. The molecule has 1 aliphatic rings. The van der Waals surface area contributed by atoms with E-state index in [0.29, 0.717) is 41.1 Å². The summed E-state index contributed by atoms with van der Waals surface area (Å²) >= 11 is 0. The molecule has 2 aromatic carbocycles. The summed E-state index contributed by atoms with van der Waals surface area (Å²) in [6.45, 7) is 10.5. The van der Waals surface area contributed by atoms with Crippen LogP contribution in [0.4, 0.5) is 0 Å². The third kappa shape index (κ3) is 4.38. The van der Waals surface area contributed by atoms with Crippen molar-refractivity contribution in [1.29, 1.82) is 0 Å². The van der Waals surface area contributed by atoms with Gasteiger partial charge >= 0.3 is 5.97 Å². The second kappa shape index (κ2) is 8.96. The first kappa shape index (κ1) is 22.0. The highest BCUT2D eigenvalue weighted by Gasteiger charge is 2.32. The summed E-state index contributed by atoms with van der Waals surface area (Å²) in [5.41, 5.74) is 1.55. The van der Waals surface area contributed by atoms with E-state index in [0.717, 1.165) is 12.0 Å². The number of benzene rings is 2. The number of hydrogen-bond acceptors (Lipinski definition) is 6. The van der Waals surface area contributed by atoms with Crippen LogP contribution >= 0.6 is 0 Å². The second-order valence-electron chi connectivity index (χ2n) is 8.36. The molecule has 162 valence electrons. The zero-order valence-corrected chi connectivity index (χ0v) is 18.4. The van der Waals surface area contributed by atoms with Crippen LogP contribution in [-0.2, 0) is 0 Å². The topological polar surface area (TPSA) is 74.2 Å². The molecule has 0 saturated heterocycles. The van der Waals surface area contributed by atoms with Crippen molar-refractivity contribution in [3.05, 3.63) is 41.0 Å². The zero-order valence-electron chi connectivity index (χ0n) is 18.4. The molecule has 0 spiro atoms. The summed E-state index contributed by atoms with van der Waals surface area (Å²) in [5.74, 6) is 1.58. The first-order valence-electron chi connectivity index (χ1n) is 10.3. The van der Waals surface area contributed by atoms with Crippen molar-refractivity contribution < 1.29 is 28.8 Å². The van der Waals surface area contributed by atoms with Crippen molar-refractivity contribution in [2.75, 3.05) is 13.7 Å². The summed E-state index contributed by atoms with van der Waals surface area (Å²) in [6, 6.07) is 6.98. The molecular weight excluding hydrogens is 384 g/mol. The fourth-order valence-corrected chi connectivity index (χ4v) is 3.33. The van der Waals surface area contributed by atoms with Gasteiger partial charge in [0.25, 0.3) is 0 Å². The number of aryl methyl sites for hydroxylation is 1. The lowest BCUT2D eigenvalue weighted by molar-refractivity contribution is 0.0732. The molecule has 6 nitrogen and oxygen atoms in total. The third-order valence-corrected chi connectivity index (χ3v) is 5.04. The number of carbonyl (C=O) groups is 1. The van der Waals surface area contributed by atoms with Crippen LogP contribution in [0.1, 0.15) is 61.7 Å². The van der Waals surface area contributed by atoms with Gasteiger partial charge in [-0.05, 0) is 55.0 Å². The fourth-order valence-electron chi connectivity index (χ4n) is 3.33. The minimum absolute atomic E-state index is 0.0551. The molecule has 1 heterocycles. The van der Waals surface area contributed by atoms with Gasteiger partial charge in [-0.2, -0.15) is 0 Å². The molecule has 0 radical (unpaired) electrons. The molecule has 6 heteroatoms. The van der Waals surface area contributed by atoms with Crippen LogP contribution < -0.4 is 18.9 Å². The molecule has 1 aliphatic heterocycles. The van der Waals surface area contributed by atoms with Crippen LogP contribution in [0.5, 0.6) is 28.7 Å². The van der Waals surface area contributed by atoms with Crippen LogP contribution in [0.15, 0.2) is 24.3 Å². The molecule has 0 amide bonds. The highest BCUT2D eigenvalue weighted by atomic mass is 16.6. The van der Waals surface area contributed by atoms with E-state index in [1.165, 1.54) is 7.11 Å². The number of carbonyl (C=O) groups excluding carboxylic acids is 1. The number of methoxy groups -OCH3 is 1. The number of ether oxygens (including phenoxy) is 4. The van der Waals surface area contributed by atoms with Crippen molar-refractivity contribution >= 4 is 5.97 Å². The first-order valence-corrected chi connectivity index (χ1v) is 10.3. The predicted molar refractivity (Wildman–Crippen MR) is 114 cm³/mol. The van der Waals surface area contributed by atoms with Gasteiger partial charge in [0.05, 0.1) is 19.8 Å².